The van der Waals surface area contributed by atoms with E-state index in [4.69, 9.17) is 4.74 Å². The van der Waals surface area contributed by atoms with Gasteiger partial charge in [0.2, 0.25) is 0 Å². The fourth-order valence-corrected chi connectivity index (χ4v) is 2.59. The van der Waals surface area contributed by atoms with Gasteiger partial charge in [0.25, 0.3) is 0 Å². The van der Waals surface area contributed by atoms with Crippen molar-refractivity contribution in [1.82, 2.24) is 10.3 Å². The molecule has 0 amide bonds. The third-order valence-electron chi connectivity index (χ3n) is 2.84. The summed E-state index contributed by atoms with van der Waals surface area (Å²) >= 11 is 1.76. The Kier molecular flexibility index (Phi) is 5.36. The Morgan fingerprint density at radius 2 is 2.05 bits per heavy atom. The number of hydrogen-bond acceptors (Lipinski definition) is 4. The van der Waals surface area contributed by atoms with E-state index >= 15 is 0 Å². The number of nitrogens with one attached hydrogen (secondary N) is 1. The van der Waals surface area contributed by atoms with Gasteiger partial charge in [0.05, 0.1) is 6.61 Å². The van der Waals surface area contributed by atoms with Gasteiger partial charge in [0.15, 0.2) is 0 Å². The molecule has 0 aliphatic heterocycles. The average Bonchev–Trinajstić information content (AvgIpc) is 2.93. The van der Waals surface area contributed by atoms with Crippen LogP contribution in [0.3, 0.4) is 0 Å². The first-order chi connectivity index (χ1) is 9.33. The largest absolute Gasteiger partial charge is 0.494 e. The van der Waals surface area contributed by atoms with Gasteiger partial charge in [0.1, 0.15) is 10.8 Å². The summed E-state index contributed by atoms with van der Waals surface area (Å²) in [7, 11) is 1.95. The molecule has 0 bridgehead atoms. The van der Waals surface area contributed by atoms with Crippen molar-refractivity contribution < 1.29 is 4.74 Å². The van der Waals surface area contributed by atoms with Crippen LogP contribution in [0.15, 0.2) is 30.5 Å². The Hall–Kier alpha value is -1.39. The lowest BCUT2D eigenvalue weighted by Crippen LogP contribution is -2.11. The second-order valence-electron chi connectivity index (χ2n) is 4.32. The molecule has 1 heterocycles. The maximum absolute atomic E-state index is 5.67. The van der Waals surface area contributed by atoms with Crippen molar-refractivity contribution in [3.8, 4) is 16.3 Å². The van der Waals surface area contributed by atoms with E-state index < -0.39 is 0 Å². The zero-order chi connectivity index (χ0) is 13.5. The van der Waals surface area contributed by atoms with Crippen molar-refractivity contribution in [3.63, 3.8) is 0 Å². The van der Waals surface area contributed by atoms with Gasteiger partial charge in [0, 0.05) is 16.6 Å². The standard InChI is InChI=1S/C15H20N2OS/c1-3-14-11-17-15(19-14)12-5-7-13(8-6-12)18-10-4-9-16-2/h5-8,11,16H,3-4,9-10H2,1-2H3. The summed E-state index contributed by atoms with van der Waals surface area (Å²) in [5.41, 5.74) is 1.16. The van der Waals surface area contributed by atoms with E-state index in [1.165, 1.54) is 4.88 Å². The van der Waals surface area contributed by atoms with Crippen molar-refractivity contribution in [2.45, 2.75) is 19.8 Å². The Morgan fingerprint density at radius 1 is 1.26 bits per heavy atom. The van der Waals surface area contributed by atoms with Gasteiger partial charge in [-0.25, -0.2) is 4.98 Å². The molecule has 3 nitrogen and oxygen atoms in total. The molecule has 2 aromatic rings. The normalized spacial score (nSPS) is 10.6. The van der Waals surface area contributed by atoms with Gasteiger partial charge in [-0.05, 0) is 50.7 Å². The third-order valence-corrected chi connectivity index (χ3v) is 4.03. The molecule has 1 aromatic heterocycles. The van der Waals surface area contributed by atoms with Crippen LogP contribution in [0.2, 0.25) is 0 Å². The Morgan fingerprint density at radius 3 is 2.68 bits per heavy atom. The van der Waals surface area contributed by atoms with Gasteiger partial charge in [-0.1, -0.05) is 6.92 Å². The van der Waals surface area contributed by atoms with Crippen LogP contribution in [0.4, 0.5) is 0 Å². The highest BCUT2D eigenvalue weighted by atomic mass is 32.1. The molecule has 0 aliphatic carbocycles. The summed E-state index contributed by atoms with van der Waals surface area (Å²) in [5, 5.41) is 4.19. The van der Waals surface area contributed by atoms with Crippen LogP contribution >= 0.6 is 11.3 Å². The second kappa shape index (κ2) is 7.26. The van der Waals surface area contributed by atoms with Crippen LogP contribution in [0.25, 0.3) is 10.6 Å². The SMILES string of the molecule is CCc1cnc(-c2ccc(OCCCNC)cc2)s1. The molecular formula is C15H20N2OS. The van der Waals surface area contributed by atoms with Crippen LogP contribution in [0.1, 0.15) is 18.2 Å². The third kappa shape index (κ3) is 4.04. The van der Waals surface area contributed by atoms with Crippen molar-refractivity contribution in [3.05, 3.63) is 35.3 Å². The molecule has 1 N–H and O–H groups in total. The number of thiazole rings is 1. The van der Waals surface area contributed by atoms with E-state index in [1.54, 1.807) is 11.3 Å². The molecule has 102 valence electrons. The summed E-state index contributed by atoms with van der Waals surface area (Å²) in [6, 6.07) is 8.18. The lowest BCUT2D eigenvalue weighted by molar-refractivity contribution is 0.310. The predicted molar refractivity (Wildman–Crippen MR) is 81.0 cm³/mol. The number of rotatable bonds is 7. The molecule has 1 aromatic carbocycles. The fraction of sp³-hybridized carbons (Fsp3) is 0.400. The first-order valence-electron chi connectivity index (χ1n) is 6.66. The lowest BCUT2D eigenvalue weighted by Gasteiger charge is -2.06. The second-order valence-corrected chi connectivity index (χ2v) is 5.43. The number of hydrogen-bond donors (Lipinski definition) is 1. The maximum atomic E-state index is 5.67. The van der Waals surface area contributed by atoms with E-state index in [-0.39, 0.29) is 0 Å². The van der Waals surface area contributed by atoms with E-state index in [1.807, 2.05) is 25.4 Å². The van der Waals surface area contributed by atoms with Gasteiger partial charge < -0.3 is 10.1 Å². The number of benzene rings is 1. The number of nitrogens with zero attached hydrogens (tertiary/aromatic N) is 1. The van der Waals surface area contributed by atoms with Crippen LogP contribution in [0.5, 0.6) is 5.75 Å². The lowest BCUT2D eigenvalue weighted by atomic mass is 10.2. The van der Waals surface area contributed by atoms with Gasteiger partial charge in [-0.15, -0.1) is 11.3 Å². The van der Waals surface area contributed by atoms with E-state index in [0.29, 0.717) is 0 Å². The highest BCUT2D eigenvalue weighted by Crippen LogP contribution is 2.27. The van der Waals surface area contributed by atoms with Crippen molar-refractivity contribution >= 4 is 11.3 Å². The summed E-state index contributed by atoms with van der Waals surface area (Å²) in [4.78, 5) is 5.76. The minimum Gasteiger partial charge on any atom is -0.494 e. The van der Waals surface area contributed by atoms with E-state index in [2.05, 4.69) is 29.4 Å². The number of ether oxygens (including phenoxy) is 1. The summed E-state index contributed by atoms with van der Waals surface area (Å²) < 4.78 is 5.67. The van der Waals surface area contributed by atoms with Crippen molar-refractivity contribution in [2.24, 2.45) is 0 Å². The fourth-order valence-electron chi connectivity index (χ4n) is 1.74. The monoisotopic (exact) mass is 276 g/mol. The van der Waals surface area contributed by atoms with Crippen molar-refractivity contribution in [1.29, 1.82) is 0 Å². The first-order valence-corrected chi connectivity index (χ1v) is 7.47. The first kappa shape index (κ1) is 14.0. The molecule has 0 unspecified atom stereocenters. The minimum absolute atomic E-state index is 0.747. The summed E-state index contributed by atoms with van der Waals surface area (Å²) in [6.07, 6.45) is 4.02. The molecular weight excluding hydrogens is 256 g/mol. The molecule has 2 rings (SSSR count). The van der Waals surface area contributed by atoms with Gasteiger partial charge in [-0.2, -0.15) is 0 Å². The Bertz CT molecular complexity index is 493. The Labute approximate surface area is 118 Å². The van der Waals surface area contributed by atoms with Crippen LogP contribution in [-0.4, -0.2) is 25.2 Å². The van der Waals surface area contributed by atoms with Crippen LogP contribution in [0, 0.1) is 0 Å². The van der Waals surface area contributed by atoms with E-state index in [9.17, 15) is 0 Å². The molecule has 0 fully saturated rings. The van der Waals surface area contributed by atoms with Crippen LogP contribution < -0.4 is 10.1 Å². The average molecular weight is 276 g/mol. The molecule has 0 saturated heterocycles. The molecule has 0 saturated carbocycles. The highest BCUT2D eigenvalue weighted by molar-refractivity contribution is 7.15. The quantitative estimate of drug-likeness (QED) is 0.787. The molecule has 0 radical (unpaired) electrons. The Balaban J connectivity index is 1.94. The zero-order valence-corrected chi connectivity index (χ0v) is 12.3. The van der Waals surface area contributed by atoms with Crippen LogP contribution in [-0.2, 0) is 6.42 Å². The number of aromatic nitrogens is 1. The molecule has 0 spiro atoms. The molecule has 0 aliphatic rings. The molecule has 4 heteroatoms. The summed E-state index contributed by atoms with van der Waals surface area (Å²) in [5.74, 6) is 0.923. The predicted octanol–water partition coefficient (Wildman–Crippen LogP) is 3.36. The molecule has 0 atom stereocenters. The smallest absolute Gasteiger partial charge is 0.123 e. The topological polar surface area (TPSA) is 34.1 Å². The van der Waals surface area contributed by atoms with Gasteiger partial charge >= 0.3 is 0 Å². The zero-order valence-electron chi connectivity index (χ0n) is 11.5. The maximum Gasteiger partial charge on any atom is 0.123 e. The van der Waals surface area contributed by atoms with Crippen molar-refractivity contribution in [2.75, 3.05) is 20.2 Å². The minimum atomic E-state index is 0.747. The highest BCUT2D eigenvalue weighted by Gasteiger charge is 2.03. The summed E-state index contributed by atoms with van der Waals surface area (Å²) in [6.45, 7) is 3.88. The number of aryl methyl sites for hydroxylation is 1. The van der Waals surface area contributed by atoms with E-state index in [0.717, 1.165) is 42.3 Å². The molecule has 19 heavy (non-hydrogen) atoms. The van der Waals surface area contributed by atoms with Gasteiger partial charge in [-0.3, -0.25) is 0 Å².